The predicted molar refractivity (Wildman–Crippen MR) is 159 cm³/mol. The summed E-state index contributed by atoms with van der Waals surface area (Å²) in [5, 5.41) is 2.95. The Balaban J connectivity index is 1.60. The third-order valence-electron chi connectivity index (χ3n) is 7.72. The Kier molecular flexibility index (Phi) is 10.4. The molecule has 2 aliphatic rings. The van der Waals surface area contributed by atoms with Crippen molar-refractivity contribution in [1.82, 2.24) is 0 Å². The number of thiophene rings is 2. The molecule has 2 aliphatic carbocycles. The van der Waals surface area contributed by atoms with Crippen LogP contribution in [-0.4, -0.2) is 48.8 Å². The first kappa shape index (κ1) is 33.9. The lowest BCUT2D eigenvalue weighted by Crippen LogP contribution is -2.56. The highest BCUT2D eigenvalue weighted by Crippen LogP contribution is 2.44. The van der Waals surface area contributed by atoms with E-state index in [-0.39, 0.29) is 46.2 Å². The Hall–Kier alpha value is -3.00. The fourth-order valence-electron chi connectivity index (χ4n) is 5.29. The number of halogens is 4. The molecule has 2 atom stereocenters. The Morgan fingerprint density at radius 2 is 1.09 bits per heavy atom. The largest absolute Gasteiger partial charge is 0.462 e. The SMILES string of the molecule is CCCOC(=O)c1c(NC(=O)C(F)(F)C(F)(F)C(=O)Nc2sc3c(c2C(=O)OCCC)CC[C@H](C)C3)sc2c1CC[C@@H](C)C2. The molecule has 0 aliphatic heterocycles. The van der Waals surface area contributed by atoms with Gasteiger partial charge in [0.25, 0.3) is 0 Å². The second kappa shape index (κ2) is 13.6. The van der Waals surface area contributed by atoms with Crippen molar-refractivity contribution in [2.75, 3.05) is 23.8 Å². The molecule has 0 aromatic carbocycles. The molecule has 2 aromatic rings. The summed E-state index contributed by atoms with van der Waals surface area (Å²) in [7, 11) is 0. The summed E-state index contributed by atoms with van der Waals surface area (Å²) < 4.78 is 71.2. The molecule has 44 heavy (non-hydrogen) atoms. The van der Waals surface area contributed by atoms with Crippen molar-refractivity contribution in [3.63, 3.8) is 0 Å². The minimum absolute atomic E-state index is 0.0423. The summed E-state index contributed by atoms with van der Waals surface area (Å²) in [4.78, 5) is 52.5. The number of esters is 2. The molecule has 0 unspecified atom stereocenters. The Morgan fingerprint density at radius 1 is 0.727 bits per heavy atom. The van der Waals surface area contributed by atoms with E-state index in [4.69, 9.17) is 9.47 Å². The number of nitrogens with one attached hydrogen (secondary N) is 2. The van der Waals surface area contributed by atoms with Gasteiger partial charge < -0.3 is 20.1 Å². The number of hydrogen-bond donors (Lipinski definition) is 2. The van der Waals surface area contributed by atoms with E-state index >= 15 is 17.6 Å². The molecular formula is C30H36F4N2O6S2. The Bertz CT molecular complexity index is 1330. The first-order valence-electron chi connectivity index (χ1n) is 14.7. The van der Waals surface area contributed by atoms with Crippen LogP contribution in [0.5, 0.6) is 0 Å². The van der Waals surface area contributed by atoms with Crippen LogP contribution in [0.3, 0.4) is 0 Å². The molecule has 2 N–H and O–H groups in total. The molecule has 0 bridgehead atoms. The second-order valence-corrected chi connectivity index (χ2v) is 13.7. The van der Waals surface area contributed by atoms with Crippen molar-refractivity contribution in [3.05, 3.63) is 32.0 Å². The smallest absolute Gasteiger partial charge is 0.396 e. The maximum atomic E-state index is 15.2. The monoisotopic (exact) mass is 660 g/mol. The van der Waals surface area contributed by atoms with Gasteiger partial charge in [0.05, 0.1) is 24.3 Å². The molecule has 0 spiro atoms. The third kappa shape index (κ3) is 6.65. The van der Waals surface area contributed by atoms with E-state index in [1.807, 2.05) is 13.8 Å². The van der Waals surface area contributed by atoms with Crippen molar-refractivity contribution < 1.29 is 46.2 Å². The lowest BCUT2D eigenvalue weighted by Gasteiger charge is -2.24. The van der Waals surface area contributed by atoms with Gasteiger partial charge in [-0.05, 0) is 74.3 Å². The number of ether oxygens (including phenoxy) is 2. The zero-order chi connectivity index (χ0) is 32.4. The first-order chi connectivity index (χ1) is 20.7. The number of fused-ring (bicyclic) bond motifs is 2. The van der Waals surface area contributed by atoms with Crippen LogP contribution in [0.1, 0.15) is 95.0 Å². The van der Waals surface area contributed by atoms with Gasteiger partial charge in [-0.1, -0.05) is 27.7 Å². The molecule has 2 aromatic heterocycles. The predicted octanol–water partition coefficient (Wildman–Crippen LogP) is 7.04. The van der Waals surface area contributed by atoms with Crippen molar-refractivity contribution in [1.29, 1.82) is 0 Å². The maximum Gasteiger partial charge on any atom is 0.396 e. The number of anilines is 2. The molecule has 4 rings (SSSR count). The standard InChI is InChI=1S/C30H36F4N2O6S2/c1-5-11-41-25(37)21-17-9-7-15(3)13-19(17)43-23(21)35-27(39)29(31,32)30(33,34)28(40)36-24-22(26(38)42-12-6-2)18-10-8-16(4)14-20(18)44-24/h15-16H,5-14H2,1-4H3,(H,35,39)(H,36,40)/t15-,16+. The van der Waals surface area contributed by atoms with Crippen molar-refractivity contribution in [2.24, 2.45) is 11.8 Å². The van der Waals surface area contributed by atoms with Crippen LogP contribution >= 0.6 is 22.7 Å². The highest BCUT2D eigenvalue weighted by molar-refractivity contribution is 7.17. The van der Waals surface area contributed by atoms with Gasteiger partial charge in [0.1, 0.15) is 10.0 Å². The van der Waals surface area contributed by atoms with Gasteiger partial charge in [0.15, 0.2) is 0 Å². The third-order valence-corrected chi connectivity index (χ3v) is 10.1. The molecule has 0 fully saturated rings. The average molecular weight is 661 g/mol. The topological polar surface area (TPSA) is 111 Å². The molecule has 14 heteroatoms. The Morgan fingerprint density at radius 3 is 1.43 bits per heavy atom. The van der Waals surface area contributed by atoms with E-state index in [0.29, 0.717) is 72.2 Å². The highest BCUT2D eigenvalue weighted by Gasteiger charge is 2.67. The molecule has 242 valence electrons. The summed E-state index contributed by atoms with van der Waals surface area (Å²) in [5.74, 6) is -17.2. The molecule has 0 saturated carbocycles. The summed E-state index contributed by atoms with van der Waals surface area (Å²) in [5.41, 5.74) is 0.818. The summed E-state index contributed by atoms with van der Waals surface area (Å²) in [6.07, 6.45) is 4.29. The normalized spacial score (nSPS) is 18.2. The maximum absolute atomic E-state index is 15.2. The van der Waals surface area contributed by atoms with Gasteiger partial charge >= 0.3 is 35.6 Å². The van der Waals surface area contributed by atoms with Crippen molar-refractivity contribution in [2.45, 2.75) is 90.9 Å². The summed E-state index contributed by atoms with van der Waals surface area (Å²) in [6, 6.07) is 0. The Labute approximate surface area is 260 Å². The van der Waals surface area contributed by atoms with E-state index in [2.05, 4.69) is 0 Å². The number of rotatable bonds is 11. The highest BCUT2D eigenvalue weighted by atomic mass is 32.1. The minimum Gasteiger partial charge on any atom is -0.462 e. The van der Waals surface area contributed by atoms with E-state index in [1.165, 1.54) is 0 Å². The van der Waals surface area contributed by atoms with Gasteiger partial charge in [0, 0.05) is 9.75 Å². The number of amides is 2. The van der Waals surface area contributed by atoms with E-state index in [1.54, 1.807) is 24.5 Å². The first-order valence-corrected chi connectivity index (χ1v) is 16.4. The van der Waals surface area contributed by atoms with Crippen molar-refractivity contribution in [3.8, 4) is 0 Å². The lowest BCUT2D eigenvalue weighted by atomic mass is 9.88. The molecule has 2 heterocycles. The summed E-state index contributed by atoms with van der Waals surface area (Å²) >= 11 is 1.72. The van der Waals surface area contributed by atoms with E-state index in [0.717, 1.165) is 22.7 Å². The fourth-order valence-corrected chi connectivity index (χ4v) is 8.08. The number of carbonyl (C=O) groups is 4. The number of carbonyl (C=O) groups excluding carboxylic acids is 4. The number of alkyl halides is 4. The second-order valence-electron chi connectivity index (χ2n) is 11.4. The van der Waals surface area contributed by atoms with E-state index < -0.39 is 35.6 Å². The zero-order valence-corrected chi connectivity index (χ0v) is 26.6. The van der Waals surface area contributed by atoms with Gasteiger partial charge in [-0.25, -0.2) is 9.59 Å². The van der Waals surface area contributed by atoms with Gasteiger partial charge in [0.2, 0.25) is 0 Å². The van der Waals surface area contributed by atoms with Crippen LogP contribution in [0.2, 0.25) is 0 Å². The molecule has 0 radical (unpaired) electrons. The number of hydrogen-bond acceptors (Lipinski definition) is 8. The van der Waals surface area contributed by atoms with Gasteiger partial charge in [-0.15, -0.1) is 22.7 Å². The molecule has 8 nitrogen and oxygen atoms in total. The quantitative estimate of drug-likeness (QED) is 0.198. The van der Waals surface area contributed by atoms with Gasteiger partial charge in [-0.3, -0.25) is 9.59 Å². The van der Waals surface area contributed by atoms with Crippen LogP contribution in [0.15, 0.2) is 0 Å². The average Bonchev–Trinajstić information content (AvgIpc) is 3.50. The van der Waals surface area contributed by atoms with Crippen LogP contribution in [0.4, 0.5) is 27.6 Å². The van der Waals surface area contributed by atoms with Gasteiger partial charge in [-0.2, -0.15) is 17.6 Å². The van der Waals surface area contributed by atoms with E-state index in [9.17, 15) is 19.2 Å². The van der Waals surface area contributed by atoms with Crippen LogP contribution in [-0.2, 0) is 44.7 Å². The van der Waals surface area contributed by atoms with Crippen LogP contribution in [0.25, 0.3) is 0 Å². The van der Waals surface area contributed by atoms with Crippen LogP contribution in [0, 0.1) is 11.8 Å². The van der Waals surface area contributed by atoms with Crippen molar-refractivity contribution >= 4 is 56.4 Å². The minimum atomic E-state index is -5.52. The molecule has 2 amide bonds. The van der Waals surface area contributed by atoms with Crippen LogP contribution < -0.4 is 10.6 Å². The zero-order valence-electron chi connectivity index (χ0n) is 25.0. The fraction of sp³-hybridized carbons (Fsp3) is 0.600. The lowest BCUT2D eigenvalue weighted by molar-refractivity contribution is -0.204. The molecule has 0 saturated heterocycles. The molecular weight excluding hydrogens is 624 g/mol. The summed E-state index contributed by atoms with van der Waals surface area (Å²) in [6.45, 7) is 7.56.